The van der Waals surface area contributed by atoms with Crippen LogP contribution in [-0.4, -0.2) is 38.5 Å². The number of benzene rings is 4. The number of rotatable bonds is 8. The molecule has 0 spiro atoms. The summed E-state index contributed by atoms with van der Waals surface area (Å²) in [4.78, 5) is 29.4. The summed E-state index contributed by atoms with van der Waals surface area (Å²) in [6.45, 7) is 0.0213. The largest absolute Gasteiger partial charge is 0.454 e. The minimum Gasteiger partial charge on any atom is -0.454 e. The van der Waals surface area contributed by atoms with Crippen LogP contribution in [0.15, 0.2) is 97.1 Å². The maximum Gasteiger partial charge on any atom is 0.251 e. The van der Waals surface area contributed by atoms with Gasteiger partial charge in [0, 0.05) is 18.3 Å². The molecule has 0 bridgehead atoms. The van der Waals surface area contributed by atoms with E-state index in [-0.39, 0.29) is 19.9 Å². The summed E-state index contributed by atoms with van der Waals surface area (Å²) in [5.41, 5.74) is 2.90. The van der Waals surface area contributed by atoms with Gasteiger partial charge in [0.25, 0.3) is 5.91 Å². The molecule has 1 aliphatic heterocycles. The molecule has 1 aromatic heterocycles. The Balaban J connectivity index is 1.38. The summed E-state index contributed by atoms with van der Waals surface area (Å²) in [7, 11) is 0. The number of hydrogen-bond donors (Lipinski definition) is 1. The Morgan fingerprint density at radius 2 is 1.73 bits per heavy atom. The molecule has 6 rings (SSSR count). The highest BCUT2D eigenvalue weighted by Gasteiger charge is 2.33. The number of halogens is 1. The first-order valence-corrected chi connectivity index (χ1v) is 12.6. The van der Waals surface area contributed by atoms with Gasteiger partial charge in [0.15, 0.2) is 11.5 Å². The number of anilines is 1. The molecule has 0 radical (unpaired) electrons. The average Bonchev–Trinajstić information content (AvgIpc) is 3.60. The maximum absolute atomic E-state index is 14.5. The second-order valence-electron chi connectivity index (χ2n) is 9.26. The number of para-hydroxylation sites is 1. The molecule has 2 heterocycles. The molecule has 0 saturated carbocycles. The number of amides is 2. The number of ether oxygens (including phenoxy) is 2. The molecule has 40 heavy (non-hydrogen) atoms. The highest BCUT2D eigenvalue weighted by atomic mass is 19.1. The van der Waals surface area contributed by atoms with Crippen molar-refractivity contribution in [2.75, 3.05) is 12.1 Å². The monoisotopic (exact) mass is 537 g/mol. The molecule has 1 aliphatic rings. The number of hydrogen-bond acceptors (Lipinski definition) is 6. The van der Waals surface area contributed by atoms with Crippen LogP contribution in [0.4, 0.5) is 10.1 Å². The van der Waals surface area contributed by atoms with Gasteiger partial charge in [-0.1, -0.05) is 59.8 Å². The SMILES string of the molecule is O=C(Nc1ccc2c(c1)OCO2)C(c1cccc(F)c1)N(Cc1ccccc1)C(=O)Cn1nnc2ccccc21. The summed E-state index contributed by atoms with van der Waals surface area (Å²) in [5.74, 6) is -0.365. The molecule has 4 aromatic carbocycles. The number of nitrogens with zero attached hydrogens (tertiary/aromatic N) is 4. The highest BCUT2D eigenvalue weighted by molar-refractivity contribution is 5.98. The molecule has 5 aromatic rings. The van der Waals surface area contributed by atoms with Gasteiger partial charge in [-0.2, -0.15) is 0 Å². The van der Waals surface area contributed by atoms with Crippen LogP contribution in [0.1, 0.15) is 17.2 Å². The van der Waals surface area contributed by atoms with Crippen LogP contribution in [0.25, 0.3) is 11.0 Å². The second-order valence-corrected chi connectivity index (χ2v) is 9.26. The summed E-state index contributed by atoms with van der Waals surface area (Å²) < 4.78 is 26.7. The first-order valence-electron chi connectivity index (χ1n) is 12.6. The topological polar surface area (TPSA) is 98.6 Å². The van der Waals surface area contributed by atoms with Crippen molar-refractivity contribution in [1.82, 2.24) is 19.9 Å². The number of nitrogens with one attached hydrogen (secondary N) is 1. The van der Waals surface area contributed by atoms with E-state index < -0.39 is 23.7 Å². The first kappa shape index (κ1) is 25.1. The highest BCUT2D eigenvalue weighted by Crippen LogP contribution is 2.35. The van der Waals surface area contributed by atoms with Gasteiger partial charge in [-0.25, -0.2) is 9.07 Å². The average molecular weight is 538 g/mol. The van der Waals surface area contributed by atoms with Crippen LogP contribution >= 0.6 is 0 Å². The molecule has 1 N–H and O–H groups in total. The van der Waals surface area contributed by atoms with Crippen LogP contribution in [0, 0.1) is 5.82 Å². The summed E-state index contributed by atoms with van der Waals surface area (Å²) in [5, 5.41) is 11.2. The van der Waals surface area contributed by atoms with E-state index in [0.29, 0.717) is 33.8 Å². The Labute approximate surface area is 228 Å². The van der Waals surface area contributed by atoms with Crippen molar-refractivity contribution in [1.29, 1.82) is 0 Å². The van der Waals surface area contributed by atoms with E-state index in [1.54, 1.807) is 30.3 Å². The van der Waals surface area contributed by atoms with Crippen molar-refractivity contribution < 1.29 is 23.5 Å². The molecule has 10 heteroatoms. The third-order valence-corrected chi connectivity index (χ3v) is 6.59. The van der Waals surface area contributed by atoms with Crippen molar-refractivity contribution in [3.05, 3.63) is 114 Å². The van der Waals surface area contributed by atoms with Gasteiger partial charge in [-0.15, -0.1) is 5.10 Å². The minimum absolute atomic E-state index is 0.0922. The van der Waals surface area contributed by atoms with Crippen molar-refractivity contribution >= 4 is 28.5 Å². The molecule has 0 fully saturated rings. The Hall–Kier alpha value is -5.25. The summed E-state index contributed by atoms with van der Waals surface area (Å²) >= 11 is 0. The van der Waals surface area contributed by atoms with E-state index in [0.717, 1.165) is 5.56 Å². The molecular weight excluding hydrogens is 513 g/mol. The summed E-state index contributed by atoms with van der Waals surface area (Å²) in [6.07, 6.45) is 0. The van der Waals surface area contributed by atoms with Gasteiger partial charge in [0.1, 0.15) is 23.9 Å². The van der Waals surface area contributed by atoms with Crippen molar-refractivity contribution in [3.63, 3.8) is 0 Å². The Morgan fingerprint density at radius 3 is 2.58 bits per heavy atom. The molecule has 200 valence electrons. The fourth-order valence-corrected chi connectivity index (χ4v) is 4.69. The molecule has 0 saturated heterocycles. The first-order chi connectivity index (χ1) is 19.5. The van der Waals surface area contributed by atoms with E-state index in [4.69, 9.17) is 9.47 Å². The van der Waals surface area contributed by atoms with Crippen LogP contribution in [0.2, 0.25) is 0 Å². The van der Waals surface area contributed by atoms with Gasteiger partial charge in [-0.05, 0) is 47.5 Å². The Morgan fingerprint density at radius 1 is 0.925 bits per heavy atom. The predicted octanol–water partition coefficient (Wildman–Crippen LogP) is 4.71. The van der Waals surface area contributed by atoms with Gasteiger partial charge in [0.05, 0.1) is 5.52 Å². The van der Waals surface area contributed by atoms with E-state index in [1.165, 1.54) is 27.8 Å². The molecule has 1 unspecified atom stereocenters. The Bertz CT molecular complexity index is 1690. The van der Waals surface area contributed by atoms with Crippen LogP contribution < -0.4 is 14.8 Å². The van der Waals surface area contributed by atoms with Crippen LogP contribution in [0.5, 0.6) is 11.5 Å². The van der Waals surface area contributed by atoms with E-state index in [2.05, 4.69) is 15.6 Å². The second kappa shape index (κ2) is 10.9. The van der Waals surface area contributed by atoms with E-state index in [1.807, 2.05) is 48.5 Å². The van der Waals surface area contributed by atoms with Crippen LogP contribution in [-0.2, 0) is 22.7 Å². The third kappa shape index (κ3) is 5.19. The Kier molecular flexibility index (Phi) is 6.80. The van der Waals surface area contributed by atoms with Crippen LogP contribution in [0.3, 0.4) is 0 Å². The summed E-state index contributed by atoms with van der Waals surface area (Å²) in [6, 6.07) is 26.2. The predicted molar refractivity (Wildman–Crippen MR) is 145 cm³/mol. The van der Waals surface area contributed by atoms with Crippen molar-refractivity contribution in [3.8, 4) is 11.5 Å². The van der Waals surface area contributed by atoms with Gasteiger partial charge < -0.3 is 19.7 Å². The van der Waals surface area contributed by atoms with E-state index in [9.17, 15) is 14.0 Å². The molecular formula is C30H24FN5O4. The third-order valence-electron chi connectivity index (χ3n) is 6.59. The molecule has 1 atom stereocenters. The maximum atomic E-state index is 14.5. The molecule has 9 nitrogen and oxygen atoms in total. The number of aromatic nitrogens is 3. The number of fused-ring (bicyclic) bond motifs is 2. The van der Waals surface area contributed by atoms with E-state index >= 15 is 0 Å². The lowest BCUT2D eigenvalue weighted by Gasteiger charge is -2.31. The standard InChI is InChI=1S/C30H24FN5O4/c31-22-10-6-9-21(15-22)29(30(38)32-23-13-14-26-27(16-23)40-19-39-26)35(17-20-7-2-1-3-8-20)28(37)18-36-25-12-5-4-11-24(25)33-34-36/h1-16,29H,17-19H2,(H,32,38). The fraction of sp³-hybridized carbons (Fsp3) is 0.133. The lowest BCUT2D eigenvalue weighted by molar-refractivity contribution is -0.140. The zero-order chi connectivity index (χ0) is 27.5. The quantitative estimate of drug-likeness (QED) is 0.308. The number of carbonyl (C=O) groups is 2. The van der Waals surface area contributed by atoms with Crippen molar-refractivity contribution in [2.45, 2.75) is 19.1 Å². The van der Waals surface area contributed by atoms with Crippen molar-refractivity contribution in [2.24, 2.45) is 0 Å². The molecule has 0 aliphatic carbocycles. The van der Waals surface area contributed by atoms with Gasteiger partial charge >= 0.3 is 0 Å². The smallest absolute Gasteiger partial charge is 0.251 e. The lowest BCUT2D eigenvalue weighted by Crippen LogP contribution is -2.42. The zero-order valence-corrected chi connectivity index (χ0v) is 21.2. The normalized spacial score (nSPS) is 12.7. The van der Waals surface area contributed by atoms with Gasteiger partial charge in [0.2, 0.25) is 12.7 Å². The van der Waals surface area contributed by atoms with Gasteiger partial charge in [-0.3, -0.25) is 9.59 Å². The number of carbonyl (C=O) groups excluding carboxylic acids is 2. The molecule has 2 amide bonds. The zero-order valence-electron chi connectivity index (χ0n) is 21.2. The fourth-order valence-electron chi connectivity index (χ4n) is 4.69. The minimum atomic E-state index is -1.16. The lowest BCUT2D eigenvalue weighted by atomic mass is 10.0.